The molecule has 1 N–H and O–H groups in total. The number of hydrogen-bond acceptors (Lipinski definition) is 7. The van der Waals surface area contributed by atoms with Crippen LogP contribution < -0.4 is 9.73 Å². The van der Waals surface area contributed by atoms with Gasteiger partial charge in [0.2, 0.25) is 0 Å². The molecule has 1 heterocycles. The average Bonchev–Trinajstić information content (AvgIpc) is 3.43. The van der Waals surface area contributed by atoms with Gasteiger partial charge in [0.1, 0.15) is 18.1 Å². The van der Waals surface area contributed by atoms with Gasteiger partial charge in [-0.1, -0.05) is 48.0 Å². The van der Waals surface area contributed by atoms with Gasteiger partial charge >= 0.3 is 5.97 Å². The van der Waals surface area contributed by atoms with E-state index < -0.39 is 28.4 Å². The highest BCUT2D eigenvalue weighted by Gasteiger charge is 2.28. The van der Waals surface area contributed by atoms with Crippen molar-refractivity contribution in [1.29, 1.82) is 0 Å². The quantitative estimate of drug-likeness (QED) is 0.152. The van der Waals surface area contributed by atoms with E-state index in [2.05, 4.69) is 10.5 Å². The number of esters is 1. The normalized spacial score (nSPS) is 11.4. The SMILES string of the molecule is CCOC(=O)c1ccc(-c2ccc(/C=N\NC(=O)CN(c3cccc(Cl)c3C)S(=O)(=O)c3ccccc3)o2)cc1. The predicted molar refractivity (Wildman–Crippen MR) is 153 cm³/mol. The number of ether oxygens (including phenoxy) is 1. The van der Waals surface area contributed by atoms with Crippen molar-refractivity contribution < 1.29 is 27.2 Å². The lowest BCUT2D eigenvalue weighted by molar-refractivity contribution is -0.119. The molecule has 0 fully saturated rings. The van der Waals surface area contributed by atoms with Crippen LogP contribution in [0.4, 0.5) is 5.69 Å². The van der Waals surface area contributed by atoms with Crippen molar-refractivity contribution in [1.82, 2.24) is 5.43 Å². The van der Waals surface area contributed by atoms with Crippen molar-refractivity contribution in [2.24, 2.45) is 5.10 Å². The molecule has 0 saturated heterocycles. The highest BCUT2D eigenvalue weighted by molar-refractivity contribution is 7.92. The number of rotatable bonds is 10. The molecular weight excluding hydrogens is 554 g/mol. The van der Waals surface area contributed by atoms with Gasteiger partial charge < -0.3 is 9.15 Å². The highest BCUT2D eigenvalue weighted by atomic mass is 35.5. The maximum Gasteiger partial charge on any atom is 0.338 e. The van der Waals surface area contributed by atoms with Crippen LogP contribution >= 0.6 is 11.6 Å². The molecule has 40 heavy (non-hydrogen) atoms. The monoisotopic (exact) mass is 579 g/mol. The van der Waals surface area contributed by atoms with Gasteiger partial charge in [-0.05, 0) is 67.9 Å². The smallest absolute Gasteiger partial charge is 0.338 e. The van der Waals surface area contributed by atoms with Crippen molar-refractivity contribution in [3.8, 4) is 11.3 Å². The minimum atomic E-state index is -4.09. The number of carbonyl (C=O) groups is 2. The molecule has 0 radical (unpaired) electrons. The second-order valence-electron chi connectivity index (χ2n) is 8.50. The number of furan rings is 1. The predicted octanol–water partition coefficient (Wildman–Crippen LogP) is 5.43. The van der Waals surface area contributed by atoms with Crippen LogP contribution in [0.5, 0.6) is 0 Å². The summed E-state index contributed by atoms with van der Waals surface area (Å²) in [5.41, 5.74) is 4.30. The van der Waals surface area contributed by atoms with Crippen LogP contribution in [0.1, 0.15) is 28.6 Å². The van der Waals surface area contributed by atoms with Crippen LogP contribution in [0.2, 0.25) is 5.02 Å². The zero-order valence-corrected chi connectivity index (χ0v) is 23.3. The summed E-state index contributed by atoms with van der Waals surface area (Å²) in [6, 6.07) is 22.8. The molecule has 0 aliphatic carbocycles. The van der Waals surface area contributed by atoms with E-state index in [0.717, 1.165) is 9.87 Å². The number of nitrogens with one attached hydrogen (secondary N) is 1. The van der Waals surface area contributed by atoms with Crippen molar-refractivity contribution in [3.63, 3.8) is 0 Å². The molecule has 0 aliphatic rings. The van der Waals surface area contributed by atoms with Crippen LogP contribution in [-0.2, 0) is 19.6 Å². The first-order valence-electron chi connectivity index (χ1n) is 12.2. The highest BCUT2D eigenvalue weighted by Crippen LogP contribution is 2.30. The molecule has 9 nitrogen and oxygen atoms in total. The van der Waals surface area contributed by atoms with Crippen molar-refractivity contribution in [2.45, 2.75) is 18.7 Å². The van der Waals surface area contributed by atoms with E-state index in [-0.39, 0.29) is 10.6 Å². The van der Waals surface area contributed by atoms with E-state index in [4.69, 9.17) is 20.8 Å². The fourth-order valence-electron chi connectivity index (χ4n) is 3.78. The van der Waals surface area contributed by atoms with E-state index in [0.29, 0.717) is 34.3 Å². The summed E-state index contributed by atoms with van der Waals surface area (Å²) in [7, 11) is -4.09. The number of halogens is 1. The Morgan fingerprint density at radius 3 is 2.42 bits per heavy atom. The maximum absolute atomic E-state index is 13.5. The van der Waals surface area contributed by atoms with Crippen LogP contribution in [-0.4, -0.2) is 39.7 Å². The molecule has 0 aliphatic heterocycles. The summed E-state index contributed by atoms with van der Waals surface area (Å²) in [5.74, 6) is -0.196. The minimum absolute atomic E-state index is 0.0316. The third-order valence-corrected chi connectivity index (χ3v) is 8.00. The van der Waals surface area contributed by atoms with Gasteiger partial charge in [-0.3, -0.25) is 9.10 Å². The number of sulfonamides is 1. The molecule has 1 aromatic heterocycles. The molecule has 0 saturated carbocycles. The molecule has 206 valence electrons. The Balaban J connectivity index is 1.47. The van der Waals surface area contributed by atoms with Gasteiger partial charge in [-0.2, -0.15) is 5.10 Å². The minimum Gasteiger partial charge on any atom is -0.462 e. The Bertz CT molecular complexity index is 1630. The lowest BCUT2D eigenvalue weighted by Gasteiger charge is -2.25. The van der Waals surface area contributed by atoms with Crippen LogP contribution in [0.3, 0.4) is 0 Å². The molecule has 0 unspecified atom stereocenters. The Hall–Kier alpha value is -4.41. The fourth-order valence-corrected chi connectivity index (χ4v) is 5.45. The first-order chi connectivity index (χ1) is 19.2. The number of amides is 1. The summed E-state index contributed by atoms with van der Waals surface area (Å²) in [6.45, 7) is 3.18. The van der Waals surface area contributed by atoms with Gasteiger partial charge in [0, 0.05) is 10.6 Å². The second-order valence-corrected chi connectivity index (χ2v) is 10.8. The first-order valence-corrected chi connectivity index (χ1v) is 14.0. The van der Waals surface area contributed by atoms with Crippen LogP contribution in [0, 0.1) is 6.92 Å². The van der Waals surface area contributed by atoms with E-state index in [9.17, 15) is 18.0 Å². The van der Waals surface area contributed by atoms with Crippen LogP contribution in [0.25, 0.3) is 11.3 Å². The number of nitrogens with zero attached hydrogens (tertiary/aromatic N) is 2. The van der Waals surface area contributed by atoms with Gasteiger partial charge in [0.25, 0.3) is 15.9 Å². The van der Waals surface area contributed by atoms with E-state index in [1.54, 1.807) is 86.6 Å². The second kappa shape index (κ2) is 12.6. The topological polar surface area (TPSA) is 118 Å². The van der Waals surface area contributed by atoms with Gasteiger partial charge in [-0.15, -0.1) is 0 Å². The zero-order valence-electron chi connectivity index (χ0n) is 21.7. The zero-order chi connectivity index (χ0) is 28.7. The van der Waals surface area contributed by atoms with Crippen LogP contribution in [0.15, 0.2) is 99.3 Å². The number of hydrogen-bond donors (Lipinski definition) is 1. The molecule has 0 spiro atoms. The molecule has 4 aromatic rings. The summed E-state index contributed by atoms with van der Waals surface area (Å²) in [4.78, 5) is 24.7. The Morgan fingerprint density at radius 1 is 1.00 bits per heavy atom. The molecular formula is C29H26ClN3O6S. The van der Waals surface area contributed by atoms with E-state index in [1.807, 2.05) is 0 Å². The van der Waals surface area contributed by atoms with Crippen molar-refractivity contribution >= 4 is 45.4 Å². The first kappa shape index (κ1) is 28.6. The van der Waals surface area contributed by atoms with Gasteiger partial charge in [-0.25, -0.2) is 18.6 Å². The lowest BCUT2D eigenvalue weighted by atomic mass is 10.1. The van der Waals surface area contributed by atoms with Crippen molar-refractivity contribution in [2.75, 3.05) is 17.5 Å². The molecule has 11 heteroatoms. The maximum atomic E-state index is 13.5. The molecule has 3 aromatic carbocycles. The lowest BCUT2D eigenvalue weighted by Crippen LogP contribution is -2.40. The van der Waals surface area contributed by atoms with Gasteiger partial charge in [0.15, 0.2) is 0 Å². The fraction of sp³-hybridized carbons (Fsp3) is 0.138. The average molecular weight is 580 g/mol. The molecule has 0 bridgehead atoms. The molecule has 1 amide bonds. The Kier molecular flexibility index (Phi) is 9.03. The summed E-state index contributed by atoms with van der Waals surface area (Å²) in [5, 5.41) is 4.29. The van der Waals surface area contributed by atoms with Crippen molar-refractivity contribution in [3.05, 3.63) is 107 Å². The van der Waals surface area contributed by atoms with E-state index >= 15 is 0 Å². The largest absolute Gasteiger partial charge is 0.462 e. The third-order valence-electron chi connectivity index (χ3n) is 5.81. The number of anilines is 1. The van der Waals surface area contributed by atoms with Gasteiger partial charge in [0.05, 0.1) is 29.0 Å². The third kappa shape index (κ3) is 6.59. The molecule has 4 rings (SSSR count). The number of carbonyl (C=O) groups excluding carboxylic acids is 2. The number of hydrazone groups is 1. The Morgan fingerprint density at radius 2 is 1.73 bits per heavy atom. The summed E-state index contributed by atoms with van der Waals surface area (Å²) >= 11 is 6.25. The Labute approximate surface area is 237 Å². The summed E-state index contributed by atoms with van der Waals surface area (Å²) in [6.07, 6.45) is 1.30. The summed E-state index contributed by atoms with van der Waals surface area (Å²) < 4.78 is 38.7. The molecule has 0 atom stereocenters. The standard InChI is InChI=1S/C29H26ClN3O6S/c1-3-38-29(35)22-14-12-21(13-15-22)27-17-16-23(39-27)18-31-32-28(34)19-33(26-11-7-10-25(30)20(26)2)40(36,37)24-8-5-4-6-9-24/h4-18H,3,19H2,1-2H3,(H,32,34)/b31-18-. The van der Waals surface area contributed by atoms with E-state index in [1.165, 1.54) is 18.3 Å². The number of benzene rings is 3.